The van der Waals surface area contributed by atoms with Crippen LogP contribution in [0.4, 0.5) is 5.69 Å². The van der Waals surface area contributed by atoms with Gasteiger partial charge in [-0.3, -0.25) is 4.79 Å². The van der Waals surface area contributed by atoms with Gasteiger partial charge in [-0.15, -0.1) is 0 Å². The van der Waals surface area contributed by atoms with Gasteiger partial charge >= 0.3 is 0 Å². The number of carbonyl (C=O) groups is 1. The first-order valence-electron chi connectivity index (χ1n) is 6.71. The summed E-state index contributed by atoms with van der Waals surface area (Å²) in [4.78, 5) is 18.4. The van der Waals surface area contributed by atoms with Gasteiger partial charge in [-0.05, 0) is 24.1 Å². The van der Waals surface area contributed by atoms with Gasteiger partial charge in [-0.2, -0.15) is 0 Å². The Bertz CT molecular complexity index is 574. The Hall–Kier alpha value is -2.30. The molecule has 5 nitrogen and oxygen atoms in total. The van der Waals surface area contributed by atoms with E-state index in [9.17, 15) is 4.79 Å². The van der Waals surface area contributed by atoms with Gasteiger partial charge in [0.1, 0.15) is 5.69 Å². The Labute approximate surface area is 119 Å². The van der Waals surface area contributed by atoms with E-state index >= 15 is 0 Å². The summed E-state index contributed by atoms with van der Waals surface area (Å²) in [6.45, 7) is 3.36. The van der Waals surface area contributed by atoms with Crippen molar-refractivity contribution in [2.45, 2.75) is 19.9 Å². The highest BCUT2D eigenvalue weighted by Gasteiger charge is 2.18. The first-order chi connectivity index (χ1) is 9.61. The first kappa shape index (κ1) is 14.1. The average Bonchev–Trinajstić information content (AvgIpc) is 2.86. The lowest BCUT2D eigenvalue weighted by Gasteiger charge is -2.22. The Kier molecular flexibility index (Phi) is 4.40. The highest BCUT2D eigenvalue weighted by Crippen LogP contribution is 2.12. The number of hydrogen-bond acceptors (Lipinski definition) is 3. The standard InChI is InChI=1S/C15H20N4O/c1-3-8-19(10-12-4-6-13(16)7-5-12)15(20)14-9-17-11-18(14)2/h4-7,9,11H,3,8,10,16H2,1-2H3. The molecule has 1 aromatic heterocycles. The third kappa shape index (κ3) is 3.17. The molecule has 0 atom stereocenters. The predicted molar refractivity (Wildman–Crippen MR) is 79.1 cm³/mol. The number of aryl methyl sites for hydroxylation is 1. The maximum Gasteiger partial charge on any atom is 0.272 e. The summed E-state index contributed by atoms with van der Waals surface area (Å²) >= 11 is 0. The van der Waals surface area contributed by atoms with Gasteiger partial charge in [0.05, 0.1) is 12.5 Å². The van der Waals surface area contributed by atoms with E-state index in [-0.39, 0.29) is 5.91 Å². The molecule has 5 heteroatoms. The lowest BCUT2D eigenvalue weighted by molar-refractivity contribution is 0.0733. The van der Waals surface area contributed by atoms with Crippen molar-refractivity contribution in [3.63, 3.8) is 0 Å². The average molecular weight is 272 g/mol. The van der Waals surface area contributed by atoms with Gasteiger partial charge < -0.3 is 15.2 Å². The number of carbonyl (C=O) groups excluding carboxylic acids is 1. The molecule has 0 aliphatic heterocycles. The van der Waals surface area contributed by atoms with E-state index in [2.05, 4.69) is 11.9 Å². The molecule has 0 saturated heterocycles. The highest BCUT2D eigenvalue weighted by atomic mass is 16.2. The van der Waals surface area contributed by atoms with Crippen molar-refractivity contribution in [2.75, 3.05) is 12.3 Å². The fraction of sp³-hybridized carbons (Fsp3) is 0.333. The molecule has 0 radical (unpaired) electrons. The predicted octanol–water partition coefficient (Wildman–Crippen LogP) is 2.05. The molecule has 0 fully saturated rings. The zero-order valence-corrected chi connectivity index (χ0v) is 11.9. The van der Waals surface area contributed by atoms with Crippen molar-refractivity contribution >= 4 is 11.6 Å². The summed E-state index contributed by atoms with van der Waals surface area (Å²) in [6.07, 6.45) is 4.16. The summed E-state index contributed by atoms with van der Waals surface area (Å²) in [6, 6.07) is 7.62. The second kappa shape index (κ2) is 6.23. The summed E-state index contributed by atoms with van der Waals surface area (Å²) in [5.74, 6) is 0.00340. The van der Waals surface area contributed by atoms with Crippen LogP contribution in [0.15, 0.2) is 36.8 Å². The van der Waals surface area contributed by atoms with E-state index in [1.165, 1.54) is 0 Å². The SMILES string of the molecule is CCCN(Cc1ccc(N)cc1)C(=O)c1cncn1C. The fourth-order valence-electron chi connectivity index (χ4n) is 2.09. The van der Waals surface area contributed by atoms with Gasteiger partial charge in [0.2, 0.25) is 0 Å². The number of nitrogens with zero attached hydrogens (tertiary/aromatic N) is 3. The molecule has 2 rings (SSSR count). The summed E-state index contributed by atoms with van der Waals surface area (Å²) in [7, 11) is 1.83. The van der Waals surface area contributed by atoms with Crippen molar-refractivity contribution in [3.05, 3.63) is 48.0 Å². The Balaban J connectivity index is 2.16. The third-order valence-electron chi connectivity index (χ3n) is 3.17. The van der Waals surface area contributed by atoms with Crippen LogP contribution in [0.5, 0.6) is 0 Å². The molecular formula is C15H20N4O. The number of amides is 1. The molecule has 20 heavy (non-hydrogen) atoms. The Morgan fingerprint density at radius 1 is 1.35 bits per heavy atom. The van der Waals surface area contributed by atoms with Crippen molar-refractivity contribution < 1.29 is 4.79 Å². The normalized spacial score (nSPS) is 10.5. The summed E-state index contributed by atoms with van der Waals surface area (Å²) in [5.41, 5.74) is 8.09. The number of imidazole rings is 1. The van der Waals surface area contributed by atoms with Crippen molar-refractivity contribution in [2.24, 2.45) is 7.05 Å². The zero-order valence-electron chi connectivity index (χ0n) is 11.9. The van der Waals surface area contributed by atoms with E-state index in [0.29, 0.717) is 18.8 Å². The largest absolute Gasteiger partial charge is 0.399 e. The molecule has 106 valence electrons. The minimum atomic E-state index is 0.00340. The van der Waals surface area contributed by atoms with E-state index in [0.717, 1.165) is 17.7 Å². The van der Waals surface area contributed by atoms with Crippen LogP contribution in [0.25, 0.3) is 0 Å². The molecule has 0 saturated carbocycles. The van der Waals surface area contributed by atoms with Crippen LogP contribution >= 0.6 is 0 Å². The minimum absolute atomic E-state index is 0.00340. The maximum atomic E-state index is 12.5. The molecule has 1 aromatic carbocycles. The van der Waals surface area contributed by atoms with Crippen LogP contribution in [-0.2, 0) is 13.6 Å². The number of nitrogen functional groups attached to an aromatic ring is 1. The van der Waals surface area contributed by atoms with Gasteiger partial charge in [0, 0.05) is 25.8 Å². The lowest BCUT2D eigenvalue weighted by Crippen LogP contribution is -2.32. The van der Waals surface area contributed by atoms with E-state index in [1.807, 2.05) is 36.2 Å². The molecule has 1 amide bonds. The first-order valence-corrected chi connectivity index (χ1v) is 6.71. The smallest absolute Gasteiger partial charge is 0.272 e. The van der Waals surface area contributed by atoms with Crippen LogP contribution in [0.1, 0.15) is 29.4 Å². The van der Waals surface area contributed by atoms with Gasteiger partial charge in [0.25, 0.3) is 5.91 Å². The fourth-order valence-corrected chi connectivity index (χ4v) is 2.09. The molecule has 1 heterocycles. The van der Waals surface area contributed by atoms with Crippen molar-refractivity contribution in [3.8, 4) is 0 Å². The molecule has 0 spiro atoms. The van der Waals surface area contributed by atoms with Gasteiger partial charge in [0.15, 0.2) is 0 Å². The third-order valence-corrected chi connectivity index (χ3v) is 3.17. The van der Waals surface area contributed by atoms with Crippen LogP contribution < -0.4 is 5.73 Å². The van der Waals surface area contributed by atoms with Crippen LogP contribution in [0, 0.1) is 0 Å². The molecule has 0 unspecified atom stereocenters. The van der Waals surface area contributed by atoms with Gasteiger partial charge in [-0.1, -0.05) is 19.1 Å². The quantitative estimate of drug-likeness (QED) is 0.847. The Morgan fingerprint density at radius 2 is 2.05 bits per heavy atom. The molecular weight excluding hydrogens is 252 g/mol. The topological polar surface area (TPSA) is 64.2 Å². The molecule has 0 aliphatic carbocycles. The maximum absolute atomic E-state index is 12.5. The summed E-state index contributed by atoms with van der Waals surface area (Å²) < 4.78 is 1.74. The van der Waals surface area contributed by atoms with Crippen LogP contribution in [-0.4, -0.2) is 26.9 Å². The van der Waals surface area contributed by atoms with Crippen LogP contribution in [0.3, 0.4) is 0 Å². The van der Waals surface area contributed by atoms with Gasteiger partial charge in [-0.25, -0.2) is 4.98 Å². The van der Waals surface area contributed by atoms with E-state index in [1.54, 1.807) is 17.1 Å². The van der Waals surface area contributed by atoms with E-state index < -0.39 is 0 Å². The summed E-state index contributed by atoms with van der Waals surface area (Å²) in [5, 5.41) is 0. The number of nitrogens with two attached hydrogens (primary N) is 1. The Morgan fingerprint density at radius 3 is 2.60 bits per heavy atom. The second-order valence-corrected chi connectivity index (χ2v) is 4.86. The number of benzene rings is 1. The lowest BCUT2D eigenvalue weighted by atomic mass is 10.2. The van der Waals surface area contributed by atoms with Crippen molar-refractivity contribution in [1.29, 1.82) is 0 Å². The van der Waals surface area contributed by atoms with Crippen LogP contribution in [0.2, 0.25) is 0 Å². The van der Waals surface area contributed by atoms with E-state index in [4.69, 9.17) is 5.73 Å². The minimum Gasteiger partial charge on any atom is -0.399 e. The molecule has 2 N–H and O–H groups in total. The highest BCUT2D eigenvalue weighted by molar-refractivity contribution is 5.92. The van der Waals surface area contributed by atoms with Crippen molar-refractivity contribution in [1.82, 2.24) is 14.5 Å². The number of aromatic nitrogens is 2. The molecule has 0 bridgehead atoms. The number of hydrogen-bond donors (Lipinski definition) is 1. The molecule has 0 aliphatic rings. The zero-order chi connectivity index (χ0) is 14.5. The number of rotatable bonds is 5. The second-order valence-electron chi connectivity index (χ2n) is 4.86. The molecule has 2 aromatic rings. The number of anilines is 1. The monoisotopic (exact) mass is 272 g/mol.